The van der Waals surface area contributed by atoms with Crippen LogP contribution in [0.25, 0.3) is 0 Å². The molecule has 5 nitrogen and oxygen atoms in total. The van der Waals surface area contributed by atoms with Crippen molar-refractivity contribution in [3.05, 3.63) is 65.7 Å². The Labute approximate surface area is 140 Å². The summed E-state index contributed by atoms with van der Waals surface area (Å²) in [5.41, 5.74) is 6.02. The predicted molar refractivity (Wildman–Crippen MR) is 90.9 cm³/mol. The molecule has 0 heterocycles. The lowest BCUT2D eigenvalue weighted by Crippen LogP contribution is -2.42. The maximum atomic E-state index is 12.5. The van der Waals surface area contributed by atoms with Crippen LogP contribution in [0.3, 0.4) is 0 Å². The quantitative estimate of drug-likeness (QED) is 0.886. The lowest BCUT2D eigenvalue weighted by molar-refractivity contribution is 0.0894. The Morgan fingerprint density at radius 3 is 2.50 bits per heavy atom. The van der Waals surface area contributed by atoms with E-state index in [1.54, 1.807) is 18.2 Å². The number of hydrogen-bond acceptors (Lipinski definition) is 3. The van der Waals surface area contributed by atoms with Crippen LogP contribution in [-0.2, 0) is 0 Å². The van der Waals surface area contributed by atoms with Crippen LogP contribution >= 0.6 is 0 Å². The molecule has 5 heteroatoms. The lowest BCUT2D eigenvalue weighted by atomic mass is 10.1. The van der Waals surface area contributed by atoms with Crippen molar-refractivity contribution in [2.24, 2.45) is 5.73 Å². The smallest absolute Gasteiger partial charge is 0.251 e. The SMILES string of the molecule is NC(=O)c1cccc(C(=O)N[C@H]2CCC[C@H]2Oc2ccccc2)c1. The van der Waals surface area contributed by atoms with E-state index in [4.69, 9.17) is 10.5 Å². The van der Waals surface area contributed by atoms with Gasteiger partial charge in [-0.2, -0.15) is 0 Å². The van der Waals surface area contributed by atoms with Gasteiger partial charge in [-0.25, -0.2) is 0 Å². The monoisotopic (exact) mass is 324 g/mol. The van der Waals surface area contributed by atoms with E-state index in [0.29, 0.717) is 11.1 Å². The van der Waals surface area contributed by atoms with Gasteiger partial charge >= 0.3 is 0 Å². The molecule has 2 aromatic carbocycles. The van der Waals surface area contributed by atoms with Crippen molar-refractivity contribution in [3.8, 4) is 5.75 Å². The van der Waals surface area contributed by atoms with Gasteiger partial charge in [0.05, 0.1) is 6.04 Å². The highest BCUT2D eigenvalue weighted by atomic mass is 16.5. The van der Waals surface area contributed by atoms with Crippen LogP contribution in [0.15, 0.2) is 54.6 Å². The number of ether oxygens (including phenoxy) is 1. The summed E-state index contributed by atoms with van der Waals surface area (Å²) in [7, 11) is 0. The van der Waals surface area contributed by atoms with Gasteiger partial charge in [-0.1, -0.05) is 24.3 Å². The van der Waals surface area contributed by atoms with Crippen LogP contribution < -0.4 is 15.8 Å². The van der Waals surface area contributed by atoms with Gasteiger partial charge < -0.3 is 15.8 Å². The summed E-state index contributed by atoms with van der Waals surface area (Å²) >= 11 is 0. The van der Waals surface area contributed by atoms with Crippen LogP contribution in [0.1, 0.15) is 40.0 Å². The molecule has 0 aromatic heterocycles. The number of amides is 2. The Balaban J connectivity index is 1.67. The van der Waals surface area contributed by atoms with E-state index < -0.39 is 5.91 Å². The molecule has 0 saturated heterocycles. The number of para-hydroxylation sites is 1. The fourth-order valence-corrected chi connectivity index (χ4v) is 2.97. The normalized spacial score (nSPS) is 19.7. The lowest BCUT2D eigenvalue weighted by Gasteiger charge is -2.22. The first-order valence-corrected chi connectivity index (χ1v) is 8.06. The Kier molecular flexibility index (Phi) is 4.79. The third-order valence-corrected chi connectivity index (χ3v) is 4.21. The maximum Gasteiger partial charge on any atom is 0.251 e. The topological polar surface area (TPSA) is 81.4 Å². The second kappa shape index (κ2) is 7.17. The average molecular weight is 324 g/mol. The molecule has 2 atom stereocenters. The first kappa shape index (κ1) is 16.1. The van der Waals surface area contributed by atoms with Gasteiger partial charge in [0.1, 0.15) is 11.9 Å². The minimum Gasteiger partial charge on any atom is -0.488 e. The molecule has 0 radical (unpaired) electrons. The molecule has 1 saturated carbocycles. The third-order valence-electron chi connectivity index (χ3n) is 4.21. The molecule has 1 aliphatic carbocycles. The van der Waals surface area contributed by atoms with Crippen LogP contribution in [0.5, 0.6) is 5.75 Å². The Hall–Kier alpha value is -2.82. The third kappa shape index (κ3) is 3.74. The summed E-state index contributed by atoms with van der Waals surface area (Å²) in [5.74, 6) is 0.0434. The first-order valence-electron chi connectivity index (χ1n) is 8.06. The van der Waals surface area contributed by atoms with Crippen molar-refractivity contribution in [1.29, 1.82) is 0 Å². The number of nitrogens with one attached hydrogen (secondary N) is 1. The summed E-state index contributed by atoms with van der Waals surface area (Å²) in [6.45, 7) is 0. The number of hydrogen-bond donors (Lipinski definition) is 2. The van der Waals surface area contributed by atoms with Crippen LogP contribution in [0.4, 0.5) is 0 Å². The van der Waals surface area contributed by atoms with E-state index >= 15 is 0 Å². The molecule has 3 N–H and O–H groups in total. The Bertz CT molecular complexity index is 730. The Morgan fingerprint density at radius 1 is 1.00 bits per heavy atom. The highest BCUT2D eigenvalue weighted by Gasteiger charge is 2.30. The minimum atomic E-state index is -0.546. The number of primary amides is 1. The van der Waals surface area contributed by atoms with Gasteiger partial charge in [0, 0.05) is 11.1 Å². The summed E-state index contributed by atoms with van der Waals surface area (Å²) < 4.78 is 6.00. The van der Waals surface area contributed by atoms with Gasteiger partial charge in [0.15, 0.2) is 0 Å². The largest absolute Gasteiger partial charge is 0.488 e. The van der Waals surface area contributed by atoms with E-state index in [1.807, 2.05) is 30.3 Å². The molecule has 0 spiro atoms. The van der Waals surface area contributed by atoms with Gasteiger partial charge in [-0.15, -0.1) is 0 Å². The standard InChI is InChI=1S/C19H20N2O3/c20-18(22)13-6-4-7-14(12-13)19(23)21-16-10-5-11-17(16)24-15-8-2-1-3-9-15/h1-4,6-9,12,16-17H,5,10-11H2,(H2,20,22)(H,21,23)/t16-,17+/m0/s1. The zero-order valence-corrected chi connectivity index (χ0v) is 13.3. The van der Waals surface area contributed by atoms with Crippen LogP contribution in [0, 0.1) is 0 Å². The van der Waals surface area contributed by atoms with Gasteiger partial charge in [0.25, 0.3) is 5.91 Å². The molecular formula is C19H20N2O3. The molecular weight excluding hydrogens is 304 g/mol. The fraction of sp³-hybridized carbons (Fsp3) is 0.263. The van der Waals surface area contributed by atoms with Gasteiger partial charge in [0.2, 0.25) is 5.91 Å². The molecule has 2 amide bonds. The summed E-state index contributed by atoms with van der Waals surface area (Å²) in [5, 5.41) is 3.02. The highest BCUT2D eigenvalue weighted by Crippen LogP contribution is 2.25. The molecule has 0 bridgehead atoms. The summed E-state index contributed by atoms with van der Waals surface area (Å²) in [6, 6.07) is 16.0. The van der Waals surface area contributed by atoms with E-state index in [2.05, 4.69) is 5.32 Å². The number of carbonyl (C=O) groups excluding carboxylic acids is 2. The summed E-state index contributed by atoms with van der Waals surface area (Å²) in [6.07, 6.45) is 2.74. The van der Waals surface area contributed by atoms with E-state index in [0.717, 1.165) is 25.0 Å². The average Bonchev–Trinajstić information content (AvgIpc) is 3.02. The van der Waals surface area contributed by atoms with Crippen LogP contribution in [0.2, 0.25) is 0 Å². The molecule has 0 aliphatic heterocycles. The molecule has 124 valence electrons. The van der Waals surface area contributed by atoms with Crippen molar-refractivity contribution in [1.82, 2.24) is 5.32 Å². The number of benzene rings is 2. The minimum absolute atomic E-state index is 0.0457. The second-order valence-electron chi connectivity index (χ2n) is 5.93. The molecule has 1 aliphatic rings. The molecule has 0 unspecified atom stereocenters. The fourth-order valence-electron chi connectivity index (χ4n) is 2.97. The van der Waals surface area contributed by atoms with Gasteiger partial charge in [-0.3, -0.25) is 9.59 Å². The number of carbonyl (C=O) groups is 2. The molecule has 1 fully saturated rings. The highest BCUT2D eigenvalue weighted by molar-refractivity contribution is 5.99. The van der Waals surface area contributed by atoms with Crippen molar-refractivity contribution in [3.63, 3.8) is 0 Å². The number of nitrogens with two attached hydrogens (primary N) is 1. The predicted octanol–water partition coefficient (Wildman–Crippen LogP) is 2.52. The molecule has 3 rings (SSSR count). The van der Waals surface area contributed by atoms with Gasteiger partial charge in [-0.05, 0) is 49.6 Å². The molecule has 2 aromatic rings. The Morgan fingerprint density at radius 2 is 1.75 bits per heavy atom. The van der Waals surface area contributed by atoms with Crippen LogP contribution in [-0.4, -0.2) is 24.0 Å². The first-order chi connectivity index (χ1) is 11.6. The zero-order chi connectivity index (χ0) is 16.9. The van der Waals surface area contributed by atoms with E-state index in [1.165, 1.54) is 6.07 Å². The van der Waals surface area contributed by atoms with E-state index in [9.17, 15) is 9.59 Å². The van der Waals surface area contributed by atoms with Crippen molar-refractivity contribution in [2.75, 3.05) is 0 Å². The second-order valence-corrected chi connectivity index (χ2v) is 5.93. The van der Waals surface area contributed by atoms with Crippen molar-refractivity contribution in [2.45, 2.75) is 31.4 Å². The maximum absolute atomic E-state index is 12.5. The van der Waals surface area contributed by atoms with Crippen molar-refractivity contribution < 1.29 is 14.3 Å². The van der Waals surface area contributed by atoms with E-state index in [-0.39, 0.29) is 18.1 Å². The summed E-state index contributed by atoms with van der Waals surface area (Å²) in [4.78, 5) is 23.7. The zero-order valence-electron chi connectivity index (χ0n) is 13.3. The number of rotatable bonds is 5. The molecule has 24 heavy (non-hydrogen) atoms. The van der Waals surface area contributed by atoms with Crippen molar-refractivity contribution >= 4 is 11.8 Å².